The van der Waals surface area contributed by atoms with E-state index in [4.69, 9.17) is 14.2 Å². The standard InChI is InChI=1S/C22H28N2O4/c1-16-14-24(12-13-28-16)15-21(25)23-22(17-4-8-19(26-2)9-5-17)18-6-10-20(27-3)11-7-18/h4-11,16,22H,12-15H2,1-3H3,(H,23,25)/t16-/m0/s1. The highest BCUT2D eigenvalue weighted by atomic mass is 16.5. The van der Waals surface area contributed by atoms with Gasteiger partial charge in [-0.3, -0.25) is 9.69 Å². The Hall–Kier alpha value is -2.57. The van der Waals surface area contributed by atoms with Crippen LogP contribution in [0.1, 0.15) is 24.1 Å². The highest BCUT2D eigenvalue weighted by Gasteiger charge is 2.22. The predicted octanol–water partition coefficient (Wildman–Crippen LogP) is 2.63. The van der Waals surface area contributed by atoms with Crippen LogP contribution in [-0.4, -0.2) is 57.4 Å². The van der Waals surface area contributed by atoms with Gasteiger partial charge in [-0.1, -0.05) is 24.3 Å². The van der Waals surface area contributed by atoms with Gasteiger partial charge < -0.3 is 19.5 Å². The highest BCUT2D eigenvalue weighted by Crippen LogP contribution is 2.26. The van der Waals surface area contributed by atoms with E-state index in [1.165, 1.54) is 0 Å². The van der Waals surface area contributed by atoms with Gasteiger partial charge in [0.05, 0.1) is 39.5 Å². The summed E-state index contributed by atoms with van der Waals surface area (Å²) in [5, 5.41) is 3.18. The third-order valence-electron chi connectivity index (χ3n) is 4.90. The molecule has 0 unspecified atom stereocenters. The first-order valence-electron chi connectivity index (χ1n) is 9.50. The summed E-state index contributed by atoms with van der Waals surface area (Å²) in [6, 6.07) is 15.3. The van der Waals surface area contributed by atoms with Gasteiger partial charge >= 0.3 is 0 Å². The number of hydrogen-bond acceptors (Lipinski definition) is 5. The molecule has 1 aliphatic heterocycles. The van der Waals surface area contributed by atoms with Crippen LogP contribution in [0.25, 0.3) is 0 Å². The van der Waals surface area contributed by atoms with E-state index in [0.29, 0.717) is 13.2 Å². The van der Waals surface area contributed by atoms with Gasteiger partial charge in [-0.2, -0.15) is 0 Å². The number of nitrogens with one attached hydrogen (secondary N) is 1. The molecule has 1 fully saturated rings. The van der Waals surface area contributed by atoms with Gasteiger partial charge in [0.2, 0.25) is 5.91 Å². The van der Waals surface area contributed by atoms with Crippen LogP contribution in [-0.2, 0) is 9.53 Å². The quantitative estimate of drug-likeness (QED) is 0.795. The SMILES string of the molecule is COc1ccc(C(NC(=O)CN2CCO[C@@H](C)C2)c2ccc(OC)cc2)cc1. The second-order valence-electron chi connectivity index (χ2n) is 6.96. The number of carbonyl (C=O) groups excluding carboxylic acids is 1. The molecule has 6 heteroatoms. The summed E-state index contributed by atoms with van der Waals surface area (Å²) in [5.74, 6) is 1.56. The van der Waals surface area contributed by atoms with E-state index in [0.717, 1.165) is 35.7 Å². The van der Waals surface area contributed by atoms with Crippen molar-refractivity contribution in [1.82, 2.24) is 10.2 Å². The Kier molecular flexibility index (Phi) is 6.90. The molecule has 2 aromatic carbocycles. The number of carbonyl (C=O) groups is 1. The van der Waals surface area contributed by atoms with Crippen molar-refractivity contribution in [2.45, 2.75) is 19.1 Å². The van der Waals surface area contributed by atoms with Crippen molar-refractivity contribution in [3.63, 3.8) is 0 Å². The van der Waals surface area contributed by atoms with Crippen LogP contribution in [0, 0.1) is 0 Å². The zero-order valence-corrected chi connectivity index (χ0v) is 16.7. The number of amides is 1. The minimum atomic E-state index is -0.247. The molecule has 150 valence electrons. The van der Waals surface area contributed by atoms with Gasteiger partial charge in [0.1, 0.15) is 11.5 Å². The van der Waals surface area contributed by atoms with E-state index in [2.05, 4.69) is 10.2 Å². The van der Waals surface area contributed by atoms with Gasteiger partial charge in [-0.05, 0) is 42.3 Å². The summed E-state index contributed by atoms with van der Waals surface area (Å²) in [7, 11) is 3.28. The number of ether oxygens (including phenoxy) is 3. The molecule has 0 aliphatic carbocycles. The molecule has 1 aliphatic rings. The molecule has 1 amide bonds. The molecule has 0 saturated carbocycles. The fourth-order valence-corrected chi connectivity index (χ4v) is 3.40. The molecule has 2 aromatic rings. The second-order valence-corrected chi connectivity index (χ2v) is 6.96. The fourth-order valence-electron chi connectivity index (χ4n) is 3.40. The summed E-state index contributed by atoms with van der Waals surface area (Å²) in [6.45, 7) is 4.59. The first-order chi connectivity index (χ1) is 13.6. The third kappa shape index (κ3) is 5.24. The lowest BCUT2D eigenvalue weighted by molar-refractivity contribution is -0.124. The summed E-state index contributed by atoms with van der Waals surface area (Å²) in [5.41, 5.74) is 1.99. The molecule has 0 aromatic heterocycles. The lowest BCUT2D eigenvalue weighted by atomic mass is 9.98. The number of methoxy groups -OCH3 is 2. The first kappa shape index (κ1) is 20.2. The van der Waals surface area contributed by atoms with E-state index >= 15 is 0 Å². The van der Waals surface area contributed by atoms with Crippen LogP contribution >= 0.6 is 0 Å². The first-order valence-corrected chi connectivity index (χ1v) is 9.50. The minimum absolute atomic E-state index is 0.00858. The number of hydrogen-bond donors (Lipinski definition) is 1. The van der Waals surface area contributed by atoms with Crippen molar-refractivity contribution in [3.8, 4) is 11.5 Å². The maximum atomic E-state index is 12.8. The summed E-state index contributed by atoms with van der Waals surface area (Å²) >= 11 is 0. The zero-order chi connectivity index (χ0) is 19.9. The van der Waals surface area contributed by atoms with Crippen molar-refractivity contribution in [1.29, 1.82) is 0 Å². The van der Waals surface area contributed by atoms with Crippen molar-refractivity contribution in [2.75, 3.05) is 40.5 Å². The summed E-state index contributed by atoms with van der Waals surface area (Å²) in [4.78, 5) is 14.9. The van der Waals surface area contributed by atoms with Crippen LogP contribution in [0.15, 0.2) is 48.5 Å². The van der Waals surface area contributed by atoms with Gasteiger partial charge in [-0.15, -0.1) is 0 Å². The lowest BCUT2D eigenvalue weighted by Gasteiger charge is -2.31. The summed E-state index contributed by atoms with van der Waals surface area (Å²) in [6.07, 6.45) is 0.153. The normalized spacial score (nSPS) is 17.4. The number of rotatable bonds is 7. The van der Waals surface area contributed by atoms with Gasteiger partial charge in [0.15, 0.2) is 0 Å². The van der Waals surface area contributed by atoms with Gasteiger partial charge in [0.25, 0.3) is 0 Å². The van der Waals surface area contributed by atoms with Crippen LogP contribution < -0.4 is 14.8 Å². The predicted molar refractivity (Wildman–Crippen MR) is 108 cm³/mol. The maximum absolute atomic E-state index is 12.8. The van der Waals surface area contributed by atoms with E-state index in [9.17, 15) is 4.79 Å². The van der Waals surface area contributed by atoms with Crippen LogP contribution in [0.3, 0.4) is 0 Å². The van der Waals surface area contributed by atoms with Crippen molar-refractivity contribution >= 4 is 5.91 Å². The Morgan fingerprint density at radius 3 is 2.07 bits per heavy atom. The lowest BCUT2D eigenvalue weighted by Crippen LogP contribution is -2.46. The highest BCUT2D eigenvalue weighted by molar-refractivity contribution is 5.79. The molecule has 3 rings (SSSR count). The second kappa shape index (κ2) is 9.57. The van der Waals surface area contributed by atoms with Crippen molar-refractivity contribution < 1.29 is 19.0 Å². The molecule has 6 nitrogen and oxygen atoms in total. The summed E-state index contributed by atoms with van der Waals surface area (Å²) < 4.78 is 16.1. The Morgan fingerprint density at radius 1 is 1.07 bits per heavy atom. The van der Waals surface area contributed by atoms with Gasteiger partial charge in [0, 0.05) is 13.1 Å². The Morgan fingerprint density at radius 2 is 1.61 bits per heavy atom. The van der Waals surface area contributed by atoms with Crippen LogP contribution in [0.4, 0.5) is 0 Å². The maximum Gasteiger partial charge on any atom is 0.234 e. The average molecular weight is 384 g/mol. The minimum Gasteiger partial charge on any atom is -0.497 e. The molecule has 1 atom stereocenters. The van der Waals surface area contributed by atoms with Crippen molar-refractivity contribution in [2.24, 2.45) is 0 Å². The van der Waals surface area contributed by atoms with E-state index < -0.39 is 0 Å². The van der Waals surface area contributed by atoms with E-state index in [-0.39, 0.29) is 18.1 Å². The Balaban J connectivity index is 1.77. The number of morpholine rings is 1. The number of nitrogens with zero attached hydrogens (tertiary/aromatic N) is 1. The Bertz CT molecular complexity index is 714. The molecule has 0 spiro atoms. The van der Waals surface area contributed by atoms with E-state index in [1.807, 2.05) is 55.5 Å². The molecule has 1 N–H and O–H groups in total. The molecule has 1 saturated heterocycles. The molecule has 0 radical (unpaired) electrons. The number of benzene rings is 2. The van der Waals surface area contributed by atoms with Gasteiger partial charge in [-0.25, -0.2) is 0 Å². The smallest absolute Gasteiger partial charge is 0.234 e. The van der Waals surface area contributed by atoms with Crippen LogP contribution in [0.5, 0.6) is 11.5 Å². The zero-order valence-electron chi connectivity index (χ0n) is 16.7. The monoisotopic (exact) mass is 384 g/mol. The molecule has 0 bridgehead atoms. The molecular formula is C22H28N2O4. The third-order valence-corrected chi connectivity index (χ3v) is 4.90. The molecule has 28 heavy (non-hydrogen) atoms. The van der Waals surface area contributed by atoms with Crippen molar-refractivity contribution in [3.05, 3.63) is 59.7 Å². The Labute approximate surface area is 166 Å². The average Bonchev–Trinajstić information content (AvgIpc) is 2.72. The topological polar surface area (TPSA) is 60.0 Å². The fraction of sp³-hybridized carbons (Fsp3) is 0.409. The molecule has 1 heterocycles. The molecular weight excluding hydrogens is 356 g/mol. The van der Waals surface area contributed by atoms with E-state index in [1.54, 1.807) is 14.2 Å². The largest absolute Gasteiger partial charge is 0.497 e. The van der Waals surface area contributed by atoms with Crippen LogP contribution in [0.2, 0.25) is 0 Å².